The van der Waals surface area contributed by atoms with E-state index in [2.05, 4.69) is 0 Å². The van der Waals surface area contributed by atoms with Gasteiger partial charge in [0.15, 0.2) is 11.5 Å². The third-order valence-corrected chi connectivity index (χ3v) is 4.19. The second-order valence-electron chi connectivity index (χ2n) is 5.80. The highest BCUT2D eigenvalue weighted by molar-refractivity contribution is 5.79. The molecule has 0 aliphatic rings. The molecule has 1 rings (SSSR count). The summed E-state index contributed by atoms with van der Waals surface area (Å²) >= 11 is 0. The van der Waals surface area contributed by atoms with Gasteiger partial charge >= 0.3 is 5.97 Å². The van der Waals surface area contributed by atoms with Crippen LogP contribution in [0.3, 0.4) is 0 Å². The molecule has 26 heavy (non-hydrogen) atoms. The summed E-state index contributed by atoms with van der Waals surface area (Å²) < 4.78 is 26.7. The topological polar surface area (TPSA) is 66.5 Å². The molecule has 0 saturated carbocycles. The van der Waals surface area contributed by atoms with Crippen LogP contribution in [0.25, 0.3) is 0 Å². The van der Waals surface area contributed by atoms with Gasteiger partial charge < -0.3 is 23.7 Å². The SMILES string of the molecule is CCc1cc(OC)c(OC(=O)C(C)N(CCOC)CCOC)c(OC)c1. The number of methoxy groups -OCH3 is 4. The molecule has 0 fully saturated rings. The van der Waals surface area contributed by atoms with Gasteiger partial charge in [-0.2, -0.15) is 0 Å². The fourth-order valence-electron chi connectivity index (χ4n) is 2.49. The molecule has 1 unspecified atom stereocenters. The molecule has 0 aliphatic carbocycles. The average Bonchev–Trinajstić information content (AvgIpc) is 2.67. The number of ether oxygens (including phenoxy) is 5. The summed E-state index contributed by atoms with van der Waals surface area (Å²) in [6.45, 7) is 6.05. The Morgan fingerprint density at radius 1 is 1.00 bits per heavy atom. The van der Waals surface area contributed by atoms with Crippen molar-refractivity contribution < 1.29 is 28.5 Å². The number of rotatable bonds is 12. The van der Waals surface area contributed by atoms with E-state index in [1.807, 2.05) is 24.0 Å². The first-order valence-electron chi connectivity index (χ1n) is 8.70. The van der Waals surface area contributed by atoms with Gasteiger partial charge in [0.25, 0.3) is 0 Å². The maximum absolute atomic E-state index is 12.7. The van der Waals surface area contributed by atoms with Crippen molar-refractivity contribution in [3.05, 3.63) is 17.7 Å². The molecule has 7 nitrogen and oxygen atoms in total. The van der Waals surface area contributed by atoms with Crippen molar-refractivity contribution in [2.75, 3.05) is 54.7 Å². The summed E-state index contributed by atoms with van der Waals surface area (Å²) in [6.07, 6.45) is 0.819. The van der Waals surface area contributed by atoms with Gasteiger partial charge in [0.2, 0.25) is 5.75 Å². The Kier molecular flexibility index (Phi) is 10.0. The largest absolute Gasteiger partial charge is 0.493 e. The van der Waals surface area contributed by atoms with E-state index in [-0.39, 0.29) is 0 Å². The van der Waals surface area contributed by atoms with Crippen LogP contribution in [0, 0.1) is 0 Å². The monoisotopic (exact) mass is 369 g/mol. The third kappa shape index (κ3) is 6.16. The number of aryl methyl sites for hydroxylation is 1. The number of hydrogen-bond donors (Lipinski definition) is 0. The summed E-state index contributed by atoms with van der Waals surface area (Å²) in [5, 5.41) is 0. The highest BCUT2D eigenvalue weighted by atomic mass is 16.6. The molecular weight excluding hydrogens is 338 g/mol. The highest BCUT2D eigenvalue weighted by Gasteiger charge is 2.26. The molecule has 0 N–H and O–H groups in total. The minimum atomic E-state index is -0.472. The van der Waals surface area contributed by atoms with Crippen molar-refractivity contribution in [2.24, 2.45) is 0 Å². The zero-order valence-electron chi connectivity index (χ0n) is 16.7. The van der Waals surface area contributed by atoms with Gasteiger partial charge in [0.05, 0.1) is 27.4 Å². The average molecular weight is 369 g/mol. The van der Waals surface area contributed by atoms with E-state index < -0.39 is 12.0 Å². The molecule has 0 radical (unpaired) electrons. The number of benzene rings is 1. The second-order valence-corrected chi connectivity index (χ2v) is 5.80. The third-order valence-electron chi connectivity index (χ3n) is 4.19. The maximum Gasteiger partial charge on any atom is 0.328 e. The molecular formula is C19H31NO6. The van der Waals surface area contributed by atoms with Crippen LogP contribution < -0.4 is 14.2 Å². The van der Waals surface area contributed by atoms with E-state index >= 15 is 0 Å². The summed E-state index contributed by atoms with van der Waals surface area (Å²) in [4.78, 5) is 14.7. The van der Waals surface area contributed by atoms with Crippen LogP contribution in [0.5, 0.6) is 17.2 Å². The van der Waals surface area contributed by atoms with Gasteiger partial charge in [-0.25, -0.2) is 4.79 Å². The molecule has 7 heteroatoms. The maximum atomic E-state index is 12.7. The predicted octanol–water partition coefficient (Wildman–Crippen LogP) is 2.15. The van der Waals surface area contributed by atoms with Gasteiger partial charge in [-0.3, -0.25) is 4.90 Å². The number of nitrogens with zero attached hydrogens (tertiary/aromatic N) is 1. The van der Waals surface area contributed by atoms with E-state index in [0.717, 1.165) is 12.0 Å². The fraction of sp³-hybridized carbons (Fsp3) is 0.632. The van der Waals surface area contributed by atoms with E-state index in [0.29, 0.717) is 43.6 Å². The number of carbonyl (C=O) groups is 1. The Morgan fingerprint density at radius 2 is 1.50 bits per heavy atom. The van der Waals surface area contributed by atoms with E-state index in [1.54, 1.807) is 35.4 Å². The lowest BCUT2D eigenvalue weighted by atomic mass is 10.1. The fourth-order valence-corrected chi connectivity index (χ4v) is 2.49. The first-order valence-corrected chi connectivity index (χ1v) is 8.70. The lowest BCUT2D eigenvalue weighted by molar-refractivity contribution is -0.140. The van der Waals surface area contributed by atoms with Crippen LogP contribution in [0.4, 0.5) is 0 Å². The molecule has 0 aromatic heterocycles. The van der Waals surface area contributed by atoms with Crippen LogP contribution in [-0.2, 0) is 20.7 Å². The Hall–Kier alpha value is -1.83. The van der Waals surface area contributed by atoms with E-state index in [4.69, 9.17) is 23.7 Å². The quantitative estimate of drug-likeness (QED) is 0.413. The van der Waals surface area contributed by atoms with Crippen molar-refractivity contribution in [1.29, 1.82) is 0 Å². The van der Waals surface area contributed by atoms with Crippen molar-refractivity contribution in [2.45, 2.75) is 26.3 Å². The van der Waals surface area contributed by atoms with Crippen LogP contribution in [0.2, 0.25) is 0 Å². The van der Waals surface area contributed by atoms with Gasteiger partial charge in [0.1, 0.15) is 6.04 Å². The molecule has 1 aromatic carbocycles. The Bertz CT molecular complexity index is 530. The van der Waals surface area contributed by atoms with Crippen LogP contribution in [-0.4, -0.2) is 71.7 Å². The summed E-state index contributed by atoms with van der Waals surface area (Å²) in [5.74, 6) is 0.852. The first kappa shape index (κ1) is 22.2. The van der Waals surface area contributed by atoms with Crippen LogP contribution in [0.1, 0.15) is 19.4 Å². The number of hydrogen-bond acceptors (Lipinski definition) is 7. The lowest BCUT2D eigenvalue weighted by Gasteiger charge is -2.27. The zero-order chi connectivity index (χ0) is 19.5. The number of esters is 1. The van der Waals surface area contributed by atoms with Crippen molar-refractivity contribution in [1.82, 2.24) is 4.90 Å². The van der Waals surface area contributed by atoms with Crippen molar-refractivity contribution in [3.8, 4) is 17.2 Å². The minimum absolute atomic E-state index is 0.294. The Balaban J connectivity index is 2.99. The second kappa shape index (κ2) is 11.7. The van der Waals surface area contributed by atoms with Gasteiger partial charge in [0, 0.05) is 27.3 Å². The molecule has 0 saturated heterocycles. The summed E-state index contributed by atoms with van der Waals surface area (Å²) in [7, 11) is 6.34. The van der Waals surface area contributed by atoms with Gasteiger partial charge in [-0.05, 0) is 31.0 Å². The molecule has 0 amide bonds. The summed E-state index contributed by atoms with van der Waals surface area (Å²) in [6, 6.07) is 3.23. The van der Waals surface area contributed by atoms with Gasteiger partial charge in [-0.15, -0.1) is 0 Å². The molecule has 148 valence electrons. The minimum Gasteiger partial charge on any atom is -0.493 e. The highest BCUT2D eigenvalue weighted by Crippen LogP contribution is 2.39. The van der Waals surface area contributed by atoms with Crippen molar-refractivity contribution >= 4 is 5.97 Å². The molecule has 0 bridgehead atoms. The molecule has 1 aromatic rings. The van der Waals surface area contributed by atoms with Crippen LogP contribution >= 0.6 is 0 Å². The molecule has 0 spiro atoms. The summed E-state index contributed by atoms with van der Waals surface area (Å²) in [5.41, 5.74) is 1.04. The van der Waals surface area contributed by atoms with E-state index in [9.17, 15) is 4.79 Å². The molecule has 0 heterocycles. The molecule has 1 atom stereocenters. The standard InChI is InChI=1S/C19H31NO6/c1-7-15-12-16(24-5)18(17(13-15)25-6)26-19(21)14(2)20(8-10-22-3)9-11-23-4/h12-14H,7-11H2,1-6H3. The first-order chi connectivity index (χ1) is 12.5. The normalized spacial score (nSPS) is 12.1. The Morgan fingerprint density at radius 3 is 1.88 bits per heavy atom. The lowest BCUT2D eigenvalue weighted by Crippen LogP contribution is -2.44. The van der Waals surface area contributed by atoms with Crippen molar-refractivity contribution in [3.63, 3.8) is 0 Å². The van der Waals surface area contributed by atoms with E-state index in [1.165, 1.54) is 0 Å². The smallest absolute Gasteiger partial charge is 0.328 e. The zero-order valence-corrected chi connectivity index (χ0v) is 16.7. The predicted molar refractivity (Wildman–Crippen MR) is 99.3 cm³/mol. The van der Waals surface area contributed by atoms with Crippen LogP contribution in [0.15, 0.2) is 12.1 Å². The Labute approximate surface area is 156 Å². The molecule has 0 aliphatic heterocycles. The van der Waals surface area contributed by atoms with Gasteiger partial charge in [-0.1, -0.05) is 6.92 Å². The number of carbonyl (C=O) groups excluding carboxylic acids is 1.